The molecule has 0 atom stereocenters. The number of amides is 1. The number of hydrogen-bond acceptors (Lipinski definition) is 3. The second-order valence-corrected chi connectivity index (χ2v) is 2.87. The molecule has 0 aliphatic carbocycles. The van der Waals surface area contributed by atoms with Gasteiger partial charge >= 0.3 is 0 Å². The van der Waals surface area contributed by atoms with E-state index in [4.69, 9.17) is 5.73 Å². The van der Waals surface area contributed by atoms with Crippen molar-refractivity contribution in [1.82, 2.24) is 4.98 Å². The third-order valence-electron chi connectivity index (χ3n) is 1.97. The lowest BCUT2D eigenvalue weighted by Gasteiger charge is -2.02. The Labute approximate surface area is 80.7 Å². The zero-order chi connectivity index (χ0) is 9.97. The third-order valence-corrected chi connectivity index (χ3v) is 1.97. The summed E-state index contributed by atoms with van der Waals surface area (Å²) in [7, 11) is 0. The number of fused-ring (bicyclic) bond motifs is 1. The van der Waals surface area contributed by atoms with Crippen LogP contribution in [0.2, 0.25) is 0 Å². The van der Waals surface area contributed by atoms with Crippen LogP contribution in [0.5, 0.6) is 0 Å². The molecule has 0 radical (unpaired) electrons. The van der Waals surface area contributed by atoms with Gasteiger partial charge in [-0.3, -0.25) is 4.79 Å². The van der Waals surface area contributed by atoms with E-state index in [2.05, 4.69) is 10.3 Å². The van der Waals surface area contributed by atoms with E-state index in [0.29, 0.717) is 17.9 Å². The Kier molecular flexibility index (Phi) is 2.02. The quantitative estimate of drug-likeness (QED) is 0.551. The zero-order valence-electron chi connectivity index (χ0n) is 7.40. The fourth-order valence-electron chi connectivity index (χ4n) is 1.32. The fraction of sp³-hybridized carbons (Fsp3) is 0. The van der Waals surface area contributed by atoms with E-state index >= 15 is 0 Å². The number of nitrogen functional groups attached to an aromatic ring is 1. The summed E-state index contributed by atoms with van der Waals surface area (Å²) in [4.78, 5) is 14.4. The van der Waals surface area contributed by atoms with Gasteiger partial charge in [0.25, 0.3) is 0 Å². The Hall–Kier alpha value is -2.10. The van der Waals surface area contributed by atoms with Crippen molar-refractivity contribution in [2.24, 2.45) is 0 Å². The summed E-state index contributed by atoms with van der Waals surface area (Å²) in [5, 5.41) is 3.38. The van der Waals surface area contributed by atoms with Crippen molar-refractivity contribution in [3.8, 4) is 0 Å². The summed E-state index contributed by atoms with van der Waals surface area (Å²) in [6.45, 7) is 0. The Bertz CT molecular complexity index is 482. The number of nitrogens with two attached hydrogens (primary N) is 1. The minimum Gasteiger partial charge on any atom is -0.398 e. The maximum Gasteiger partial charge on any atom is 0.212 e. The Morgan fingerprint density at radius 1 is 1.29 bits per heavy atom. The van der Waals surface area contributed by atoms with E-state index in [1.165, 1.54) is 0 Å². The number of anilines is 2. The first-order chi connectivity index (χ1) is 6.81. The van der Waals surface area contributed by atoms with Crippen LogP contribution in [0.4, 0.5) is 11.5 Å². The van der Waals surface area contributed by atoms with Crippen molar-refractivity contribution in [1.29, 1.82) is 0 Å². The minimum absolute atomic E-state index is 0.526. The largest absolute Gasteiger partial charge is 0.398 e. The lowest BCUT2D eigenvalue weighted by molar-refractivity contribution is -0.105. The summed E-state index contributed by atoms with van der Waals surface area (Å²) < 4.78 is 0. The van der Waals surface area contributed by atoms with Crippen LogP contribution in [-0.2, 0) is 4.79 Å². The van der Waals surface area contributed by atoms with Crippen LogP contribution < -0.4 is 11.1 Å². The fourth-order valence-corrected chi connectivity index (χ4v) is 1.32. The number of hydrogen-bond donors (Lipinski definition) is 2. The second kappa shape index (κ2) is 3.33. The molecular formula is C10H9N3O. The second-order valence-electron chi connectivity index (χ2n) is 2.87. The minimum atomic E-state index is 0.526. The lowest BCUT2D eigenvalue weighted by Crippen LogP contribution is -1.97. The summed E-state index contributed by atoms with van der Waals surface area (Å²) >= 11 is 0. The van der Waals surface area contributed by atoms with Gasteiger partial charge in [0, 0.05) is 11.1 Å². The maximum absolute atomic E-state index is 10.2. The molecule has 0 saturated carbocycles. The monoisotopic (exact) mass is 187 g/mol. The van der Waals surface area contributed by atoms with Crippen LogP contribution in [0.15, 0.2) is 30.3 Å². The summed E-state index contributed by atoms with van der Waals surface area (Å²) in [5.74, 6) is 0.526. The molecule has 0 saturated heterocycles. The molecule has 1 amide bonds. The van der Waals surface area contributed by atoms with Gasteiger partial charge in [-0.25, -0.2) is 4.98 Å². The van der Waals surface area contributed by atoms with Crippen LogP contribution in [0.1, 0.15) is 0 Å². The number of benzene rings is 1. The Balaban J connectivity index is 2.61. The number of nitrogens with zero attached hydrogens (tertiary/aromatic N) is 1. The van der Waals surface area contributed by atoms with E-state index in [0.717, 1.165) is 10.9 Å². The normalized spacial score (nSPS) is 10.0. The number of pyridine rings is 1. The highest BCUT2D eigenvalue weighted by molar-refractivity contribution is 5.91. The van der Waals surface area contributed by atoms with E-state index < -0.39 is 0 Å². The summed E-state index contributed by atoms with van der Waals surface area (Å²) in [6.07, 6.45) is 0.598. The molecule has 0 fully saturated rings. The van der Waals surface area contributed by atoms with Gasteiger partial charge in [-0.05, 0) is 24.3 Å². The molecule has 4 nitrogen and oxygen atoms in total. The van der Waals surface area contributed by atoms with Crippen LogP contribution >= 0.6 is 0 Å². The number of nitrogens with one attached hydrogen (secondary N) is 1. The Morgan fingerprint density at radius 2 is 2.14 bits per heavy atom. The van der Waals surface area contributed by atoms with Crippen molar-refractivity contribution in [3.05, 3.63) is 30.3 Å². The Morgan fingerprint density at radius 3 is 2.93 bits per heavy atom. The summed E-state index contributed by atoms with van der Waals surface area (Å²) in [6, 6.07) is 9.05. The molecular weight excluding hydrogens is 178 g/mol. The predicted octanol–water partition coefficient (Wildman–Crippen LogP) is 1.39. The van der Waals surface area contributed by atoms with Gasteiger partial charge in [0.05, 0.1) is 5.52 Å². The van der Waals surface area contributed by atoms with E-state index in [1.54, 1.807) is 6.07 Å². The van der Waals surface area contributed by atoms with E-state index in [-0.39, 0.29) is 0 Å². The van der Waals surface area contributed by atoms with Crippen molar-refractivity contribution >= 4 is 28.8 Å². The molecule has 14 heavy (non-hydrogen) atoms. The number of carbonyl (C=O) groups excluding carboxylic acids is 1. The standard InChI is InChI=1S/C10H9N3O/c11-8-2-1-3-9-7(8)4-5-10(13-9)12-6-14/h1-6H,11H2,(H,12,13,14). The highest BCUT2D eigenvalue weighted by Gasteiger charge is 1.99. The van der Waals surface area contributed by atoms with Crippen molar-refractivity contribution in [3.63, 3.8) is 0 Å². The van der Waals surface area contributed by atoms with Crippen LogP contribution in [0.3, 0.4) is 0 Å². The van der Waals surface area contributed by atoms with Gasteiger partial charge in [-0.2, -0.15) is 0 Å². The number of carbonyl (C=O) groups is 1. The first-order valence-electron chi connectivity index (χ1n) is 4.16. The molecule has 3 N–H and O–H groups in total. The molecule has 0 unspecified atom stereocenters. The number of rotatable bonds is 2. The average Bonchev–Trinajstić information content (AvgIpc) is 2.18. The molecule has 1 aromatic heterocycles. The molecule has 4 heteroatoms. The first-order valence-corrected chi connectivity index (χ1v) is 4.16. The highest BCUT2D eigenvalue weighted by Crippen LogP contribution is 2.20. The van der Waals surface area contributed by atoms with Crippen LogP contribution in [0, 0.1) is 0 Å². The third kappa shape index (κ3) is 1.37. The van der Waals surface area contributed by atoms with Crippen LogP contribution in [0.25, 0.3) is 10.9 Å². The number of aromatic nitrogens is 1. The lowest BCUT2D eigenvalue weighted by atomic mass is 10.2. The first kappa shape index (κ1) is 8.50. The average molecular weight is 187 g/mol. The van der Waals surface area contributed by atoms with Crippen molar-refractivity contribution in [2.75, 3.05) is 11.1 Å². The SMILES string of the molecule is Nc1cccc2nc(NC=O)ccc12. The smallest absolute Gasteiger partial charge is 0.212 e. The highest BCUT2D eigenvalue weighted by atomic mass is 16.1. The molecule has 1 aromatic carbocycles. The van der Waals surface area contributed by atoms with Crippen molar-refractivity contribution in [2.45, 2.75) is 0 Å². The van der Waals surface area contributed by atoms with Crippen molar-refractivity contribution < 1.29 is 4.79 Å². The van der Waals surface area contributed by atoms with Gasteiger partial charge in [0.1, 0.15) is 5.82 Å². The van der Waals surface area contributed by atoms with Gasteiger partial charge in [0.2, 0.25) is 6.41 Å². The molecule has 0 bridgehead atoms. The zero-order valence-corrected chi connectivity index (χ0v) is 7.40. The molecule has 2 rings (SSSR count). The summed E-state index contributed by atoms with van der Waals surface area (Å²) in [5.41, 5.74) is 7.21. The van der Waals surface area contributed by atoms with Gasteiger partial charge in [-0.15, -0.1) is 0 Å². The molecule has 0 spiro atoms. The molecule has 1 heterocycles. The molecule has 0 aliphatic heterocycles. The molecule has 70 valence electrons. The van der Waals surface area contributed by atoms with Gasteiger partial charge in [-0.1, -0.05) is 6.07 Å². The molecule has 0 aliphatic rings. The maximum atomic E-state index is 10.2. The van der Waals surface area contributed by atoms with Gasteiger partial charge < -0.3 is 11.1 Å². The van der Waals surface area contributed by atoms with E-state index in [1.807, 2.05) is 24.3 Å². The van der Waals surface area contributed by atoms with E-state index in [9.17, 15) is 4.79 Å². The predicted molar refractivity (Wildman–Crippen MR) is 55.8 cm³/mol. The van der Waals surface area contributed by atoms with Gasteiger partial charge in [0.15, 0.2) is 0 Å². The molecule has 2 aromatic rings. The van der Waals surface area contributed by atoms with Crippen LogP contribution in [-0.4, -0.2) is 11.4 Å². The topological polar surface area (TPSA) is 68.0 Å².